The second-order valence-corrected chi connectivity index (χ2v) is 4.28. The molecule has 0 aliphatic carbocycles. The zero-order valence-electron chi connectivity index (χ0n) is 8.10. The molecule has 0 spiro atoms. The molecule has 0 fully saturated rings. The highest BCUT2D eigenvalue weighted by molar-refractivity contribution is 7.98. The van der Waals surface area contributed by atoms with Crippen LogP contribution in [-0.2, 0) is 12.8 Å². The average molecular weight is 200 g/mol. The van der Waals surface area contributed by atoms with E-state index in [-0.39, 0.29) is 0 Å². The van der Waals surface area contributed by atoms with Crippen molar-refractivity contribution >= 4 is 11.8 Å². The first-order valence-corrected chi connectivity index (χ1v) is 5.52. The van der Waals surface area contributed by atoms with Crippen LogP contribution in [0.5, 0.6) is 0 Å². The Bertz CT molecular complexity index is 246. The van der Waals surface area contributed by atoms with Gasteiger partial charge in [0.05, 0.1) is 5.75 Å². The van der Waals surface area contributed by atoms with E-state index in [1.807, 2.05) is 30.3 Å². The Morgan fingerprint density at radius 2 is 2.46 bits per heavy atom. The summed E-state index contributed by atoms with van der Waals surface area (Å²) in [5.74, 6) is 3.03. The van der Waals surface area contributed by atoms with Crippen molar-refractivity contribution in [3.63, 3.8) is 0 Å². The summed E-state index contributed by atoms with van der Waals surface area (Å²) >= 11 is 1.85. The van der Waals surface area contributed by atoms with Gasteiger partial charge >= 0.3 is 0 Å². The molecule has 0 aromatic carbocycles. The summed E-state index contributed by atoms with van der Waals surface area (Å²) in [6.07, 6.45) is 2.78. The third kappa shape index (κ3) is 3.78. The van der Waals surface area contributed by atoms with Crippen LogP contribution in [0.15, 0.2) is 6.33 Å². The van der Waals surface area contributed by atoms with Gasteiger partial charge in [0.25, 0.3) is 0 Å². The summed E-state index contributed by atoms with van der Waals surface area (Å²) in [5.41, 5.74) is 5.64. The summed E-state index contributed by atoms with van der Waals surface area (Å²) in [4.78, 5) is 0. The highest BCUT2D eigenvalue weighted by Gasteiger charge is 2.00. The predicted octanol–water partition coefficient (Wildman–Crippen LogP) is 0.786. The van der Waals surface area contributed by atoms with Gasteiger partial charge in [-0.2, -0.15) is 11.8 Å². The lowest BCUT2D eigenvalue weighted by Crippen LogP contribution is -2.15. The molecule has 1 heterocycles. The first-order valence-electron chi connectivity index (χ1n) is 4.36. The van der Waals surface area contributed by atoms with Crippen LogP contribution in [0.25, 0.3) is 0 Å². The molecule has 4 nitrogen and oxygen atoms in total. The van der Waals surface area contributed by atoms with Crippen LogP contribution in [-0.4, -0.2) is 26.6 Å². The maximum Gasteiger partial charge on any atom is 0.142 e. The number of hydrogen-bond acceptors (Lipinski definition) is 4. The van der Waals surface area contributed by atoms with Gasteiger partial charge in [-0.05, 0) is 19.1 Å². The molecule has 1 rings (SSSR count). The molecule has 1 aromatic heterocycles. The van der Waals surface area contributed by atoms with Crippen LogP contribution in [0.1, 0.15) is 19.2 Å². The van der Waals surface area contributed by atoms with Crippen LogP contribution < -0.4 is 5.73 Å². The van der Waals surface area contributed by atoms with E-state index in [0.717, 1.165) is 23.8 Å². The molecule has 0 amide bonds. The summed E-state index contributed by atoms with van der Waals surface area (Å²) in [6, 6.07) is 0.298. The number of nitrogens with two attached hydrogens (primary N) is 1. The van der Waals surface area contributed by atoms with Crippen molar-refractivity contribution in [2.24, 2.45) is 12.8 Å². The largest absolute Gasteiger partial charge is 0.328 e. The van der Waals surface area contributed by atoms with Gasteiger partial charge in [-0.15, -0.1) is 10.2 Å². The van der Waals surface area contributed by atoms with Crippen molar-refractivity contribution in [1.29, 1.82) is 0 Å². The van der Waals surface area contributed by atoms with Crippen LogP contribution in [0.3, 0.4) is 0 Å². The minimum absolute atomic E-state index is 0.298. The summed E-state index contributed by atoms with van der Waals surface area (Å²) in [5, 5.41) is 7.80. The molecule has 74 valence electrons. The first kappa shape index (κ1) is 10.5. The maximum absolute atomic E-state index is 5.64. The lowest BCUT2D eigenvalue weighted by Gasteiger charge is -2.03. The number of aryl methyl sites for hydroxylation is 1. The molecule has 0 radical (unpaired) electrons. The van der Waals surface area contributed by atoms with Crippen LogP contribution >= 0.6 is 11.8 Å². The molecule has 0 bridgehead atoms. The lowest BCUT2D eigenvalue weighted by atomic mass is 10.3. The molecule has 0 saturated carbocycles. The fourth-order valence-electron chi connectivity index (χ4n) is 0.870. The third-order valence-electron chi connectivity index (χ3n) is 1.75. The molecule has 5 heteroatoms. The Kier molecular flexibility index (Phi) is 4.24. The van der Waals surface area contributed by atoms with Crippen LogP contribution in [0.2, 0.25) is 0 Å². The average Bonchev–Trinajstić information content (AvgIpc) is 2.45. The van der Waals surface area contributed by atoms with Crippen molar-refractivity contribution in [2.75, 3.05) is 5.75 Å². The van der Waals surface area contributed by atoms with Gasteiger partial charge in [0.2, 0.25) is 0 Å². The molecule has 0 aliphatic heterocycles. The predicted molar refractivity (Wildman–Crippen MR) is 55.4 cm³/mol. The zero-order chi connectivity index (χ0) is 9.68. The smallest absolute Gasteiger partial charge is 0.142 e. The van der Waals surface area contributed by atoms with E-state index in [9.17, 15) is 0 Å². The van der Waals surface area contributed by atoms with Gasteiger partial charge in [-0.25, -0.2) is 0 Å². The molecule has 1 aromatic rings. The molecule has 0 aliphatic rings. The van der Waals surface area contributed by atoms with Crippen molar-refractivity contribution in [2.45, 2.75) is 25.1 Å². The minimum Gasteiger partial charge on any atom is -0.328 e. The van der Waals surface area contributed by atoms with Crippen molar-refractivity contribution < 1.29 is 0 Å². The van der Waals surface area contributed by atoms with Crippen LogP contribution in [0.4, 0.5) is 0 Å². The van der Waals surface area contributed by atoms with Crippen molar-refractivity contribution in [1.82, 2.24) is 14.8 Å². The van der Waals surface area contributed by atoms with E-state index < -0.39 is 0 Å². The molecular formula is C8H16N4S. The number of hydrogen-bond donors (Lipinski definition) is 1. The summed E-state index contributed by atoms with van der Waals surface area (Å²) in [6.45, 7) is 2.03. The topological polar surface area (TPSA) is 56.7 Å². The second-order valence-electron chi connectivity index (χ2n) is 3.18. The number of rotatable bonds is 5. The number of aromatic nitrogens is 3. The molecule has 2 N–H and O–H groups in total. The highest BCUT2D eigenvalue weighted by atomic mass is 32.2. The fraction of sp³-hybridized carbons (Fsp3) is 0.750. The Labute approximate surface area is 82.9 Å². The van der Waals surface area contributed by atoms with Gasteiger partial charge in [0, 0.05) is 13.1 Å². The van der Waals surface area contributed by atoms with Gasteiger partial charge in [0.1, 0.15) is 12.2 Å². The van der Waals surface area contributed by atoms with Gasteiger partial charge in [0.15, 0.2) is 0 Å². The number of nitrogens with zero attached hydrogens (tertiary/aromatic N) is 3. The Balaban J connectivity index is 2.17. The fourth-order valence-corrected chi connectivity index (χ4v) is 2.00. The lowest BCUT2D eigenvalue weighted by molar-refractivity contribution is 0.721. The first-order chi connectivity index (χ1) is 6.20. The zero-order valence-corrected chi connectivity index (χ0v) is 8.92. The van der Waals surface area contributed by atoms with E-state index in [0.29, 0.717) is 6.04 Å². The second kappa shape index (κ2) is 5.24. The van der Waals surface area contributed by atoms with Crippen LogP contribution in [0, 0.1) is 0 Å². The maximum atomic E-state index is 5.64. The summed E-state index contributed by atoms with van der Waals surface area (Å²) in [7, 11) is 1.96. The molecule has 0 saturated heterocycles. The van der Waals surface area contributed by atoms with E-state index in [2.05, 4.69) is 10.2 Å². The SMILES string of the molecule is CC(N)CCSCc1nncn1C. The van der Waals surface area contributed by atoms with Crippen molar-refractivity contribution in [3.05, 3.63) is 12.2 Å². The molecule has 1 unspecified atom stereocenters. The summed E-state index contributed by atoms with van der Waals surface area (Å²) < 4.78 is 1.94. The quantitative estimate of drug-likeness (QED) is 0.714. The van der Waals surface area contributed by atoms with Crippen molar-refractivity contribution in [3.8, 4) is 0 Å². The standard InChI is InChI=1S/C8H16N4S/c1-7(9)3-4-13-5-8-11-10-6-12(8)2/h6-7H,3-5,9H2,1-2H3. The van der Waals surface area contributed by atoms with Gasteiger partial charge in [-0.1, -0.05) is 0 Å². The molecule has 13 heavy (non-hydrogen) atoms. The molecule has 1 atom stereocenters. The minimum atomic E-state index is 0.298. The monoisotopic (exact) mass is 200 g/mol. The van der Waals surface area contributed by atoms with E-state index in [1.54, 1.807) is 6.33 Å². The molecular weight excluding hydrogens is 184 g/mol. The highest BCUT2D eigenvalue weighted by Crippen LogP contribution is 2.10. The third-order valence-corrected chi connectivity index (χ3v) is 2.74. The van der Waals surface area contributed by atoms with Gasteiger partial charge < -0.3 is 10.3 Å². The van der Waals surface area contributed by atoms with E-state index in [1.165, 1.54) is 0 Å². The van der Waals surface area contributed by atoms with Gasteiger partial charge in [-0.3, -0.25) is 0 Å². The Morgan fingerprint density at radius 1 is 1.69 bits per heavy atom. The normalized spacial score (nSPS) is 13.2. The Morgan fingerprint density at radius 3 is 3.00 bits per heavy atom. The van der Waals surface area contributed by atoms with E-state index >= 15 is 0 Å². The number of thioether (sulfide) groups is 1. The Hall–Kier alpha value is -0.550. The van der Waals surface area contributed by atoms with E-state index in [4.69, 9.17) is 5.73 Å².